The number of sulfonamides is 1. The van der Waals surface area contributed by atoms with E-state index in [1.54, 1.807) is 0 Å². The summed E-state index contributed by atoms with van der Waals surface area (Å²) < 4.78 is 29.6. The second kappa shape index (κ2) is 4.30. The van der Waals surface area contributed by atoms with E-state index in [-0.39, 0.29) is 0 Å². The highest BCUT2D eigenvalue weighted by molar-refractivity contribution is 7.92. The van der Waals surface area contributed by atoms with E-state index in [2.05, 4.69) is 4.72 Å². The molecule has 0 radical (unpaired) electrons. The van der Waals surface area contributed by atoms with Gasteiger partial charge in [0.2, 0.25) is 10.0 Å². The summed E-state index contributed by atoms with van der Waals surface area (Å²) in [5.41, 5.74) is 1.32. The Morgan fingerprint density at radius 1 is 1.41 bits per heavy atom. The predicted molar refractivity (Wildman–Crippen MR) is 66.2 cm³/mol. The van der Waals surface area contributed by atoms with Gasteiger partial charge >= 0.3 is 5.97 Å². The first kappa shape index (κ1) is 12.4. The predicted octanol–water partition coefficient (Wildman–Crippen LogP) is 1.39. The minimum atomic E-state index is -3.38. The van der Waals surface area contributed by atoms with Crippen LogP contribution in [-0.2, 0) is 27.6 Å². The first-order valence-corrected chi connectivity index (χ1v) is 7.84. The summed E-state index contributed by atoms with van der Waals surface area (Å²) >= 11 is 1.33. The number of methoxy groups -OCH3 is 1. The molecule has 0 amide bonds. The number of hydrogen-bond donors (Lipinski definition) is 1. The van der Waals surface area contributed by atoms with Crippen molar-refractivity contribution in [2.45, 2.75) is 19.3 Å². The van der Waals surface area contributed by atoms with Crippen LogP contribution in [-0.4, -0.2) is 27.8 Å². The summed E-state index contributed by atoms with van der Waals surface area (Å²) in [6, 6.07) is 0. The molecule has 1 aromatic heterocycles. The van der Waals surface area contributed by atoms with Crippen LogP contribution in [0.4, 0.5) is 5.00 Å². The quantitative estimate of drug-likeness (QED) is 0.846. The van der Waals surface area contributed by atoms with E-state index >= 15 is 0 Å². The highest BCUT2D eigenvalue weighted by Gasteiger charge is 2.28. The molecule has 2 rings (SSSR count). The molecule has 0 spiro atoms. The molecule has 0 saturated heterocycles. The summed E-state index contributed by atoms with van der Waals surface area (Å²) in [5, 5.41) is 0.379. The van der Waals surface area contributed by atoms with Crippen molar-refractivity contribution in [2.75, 3.05) is 18.1 Å². The largest absolute Gasteiger partial charge is 0.465 e. The van der Waals surface area contributed by atoms with Gasteiger partial charge in [0.1, 0.15) is 5.00 Å². The molecule has 0 saturated carbocycles. The van der Waals surface area contributed by atoms with Gasteiger partial charge in [-0.25, -0.2) is 13.2 Å². The van der Waals surface area contributed by atoms with Gasteiger partial charge in [0, 0.05) is 4.88 Å². The maximum atomic E-state index is 11.7. The Bertz CT molecular complexity index is 559. The van der Waals surface area contributed by atoms with Gasteiger partial charge < -0.3 is 4.74 Å². The number of carbonyl (C=O) groups is 1. The lowest BCUT2D eigenvalue weighted by Gasteiger charge is -2.05. The van der Waals surface area contributed by atoms with Crippen LogP contribution >= 0.6 is 11.3 Å². The summed E-state index contributed by atoms with van der Waals surface area (Å²) in [4.78, 5) is 12.8. The van der Waals surface area contributed by atoms with Crippen molar-refractivity contribution in [1.29, 1.82) is 0 Å². The second-order valence-electron chi connectivity index (χ2n) is 3.93. The maximum Gasteiger partial charge on any atom is 0.341 e. The van der Waals surface area contributed by atoms with Crippen LogP contribution < -0.4 is 4.72 Å². The molecule has 0 unspecified atom stereocenters. The summed E-state index contributed by atoms with van der Waals surface area (Å²) in [5.74, 6) is -0.476. The fraction of sp³-hybridized carbons (Fsp3) is 0.500. The van der Waals surface area contributed by atoms with Crippen LogP contribution in [0.2, 0.25) is 0 Å². The van der Waals surface area contributed by atoms with Gasteiger partial charge in [-0.15, -0.1) is 11.3 Å². The third kappa shape index (κ3) is 2.44. The van der Waals surface area contributed by atoms with Gasteiger partial charge in [-0.3, -0.25) is 4.72 Å². The summed E-state index contributed by atoms with van der Waals surface area (Å²) in [7, 11) is -2.08. The zero-order valence-electron chi connectivity index (χ0n) is 9.57. The molecule has 1 N–H and O–H groups in total. The zero-order valence-corrected chi connectivity index (χ0v) is 11.2. The van der Waals surface area contributed by atoms with E-state index in [0.717, 1.165) is 36.0 Å². The Kier molecular flexibility index (Phi) is 3.13. The molecular weight excluding hydrogens is 262 g/mol. The molecule has 0 fully saturated rings. The number of hydrogen-bond acceptors (Lipinski definition) is 5. The van der Waals surface area contributed by atoms with Gasteiger partial charge in [-0.2, -0.15) is 0 Å². The maximum absolute atomic E-state index is 11.7. The lowest BCUT2D eigenvalue weighted by atomic mass is 10.1. The topological polar surface area (TPSA) is 72.5 Å². The first-order valence-electron chi connectivity index (χ1n) is 5.13. The molecule has 0 atom stereocenters. The van der Waals surface area contributed by atoms with Crippen LogP contribution in [0.25, 0.3) is 0 Å². The van der Waals surface area contributed by atoms with Gasteiger partial charge in [-0.1, -0.05) is 0 Å². The highest BCUT2D eigenvalue weighted by atomic mass is 32.2. The van der Waals surface area contributed by atoms with E-state index in [1.807, 2.05) is 0 Å². The molecule has 0 aromatic carbocycles. The number of carbonyl (C=O) groups excluding carboxylic acids is 1. The van der Waals surface area contributed by atoms with E-state index in [1.165, 1.54) is 18.4 Å². The van der Waals surface area contributed by atoms with Gasteiger partial charge in [-0.05, 0) is 24.8 Å². The Labute approximate surface area is 104 Å². The molecule has 7 heteroatoms. The number of thiophene rings is 1. The molecule has 1 heterocycles. The standard InChI is InChI=1S/C10H13NO4S2/c1-15-10(12)8-6-4-3-5-7(6)16-9(8)11-17(2,13)14/h11H,3-5H2,1-2H3. The number of esters is 1. The molecule has 0 aliphatic heterocycles. The molecule has 94 valence electrons. The first-order chi connectivity index (χ1) is 7.92. The number of aryl methyl sites for hydroxylation is 1. The van der Waals surface area contributed by atoms with Gasteiger partial charge in [0.05, 0.1) is 18.9 Å². The van der Waals surface area contributed by atoms with E-state index < -0.39 is 16.0 Å². The van der Waals surface area contributed by atoms with Crippen molar-refractivity contribution in [1.82, 2.24) is 0 Å². The number of fused-ring (bicyclic) bond motifs is 1. The van der Waals surface area contributed by atoms with Crippen LogP contribution in [0.3, 0.4) is 0 Å². The van der Waals surface area contributed by atoms with Crippen molar-refractivity contribution in [2.24, 2.45) is 0 Å². The van der Waals surface area contributed by atoms with E-state index in [9.17, 15) is 13.2 Å². The molecular formula is C10H13NO4S2. The molecule has 0 bridgehead atoms. The summed E-state index contributed by atoms with van der Waals surface area (Å²) in [6.07, 6.45) is 3.78. The van der Waals surface area contributed by atoms with Crippen LogP contribution in [0.15, 0.2) is 0 Å². The SMILES string of the molecule is COC(=O)c1c(NS(C)(=O)=O)sc2c1CCC2. The highest BCUT2D eigenvalue weighted by Crippen LogP contribution is 2.39. The normalized spacial score (nSPS) is 14.5. The lowest BCUT2D eigenvalue weighted by Crippen LogP contribution is -2.13. The smallest absolute Gasteiger partial charge is 0.341 e. The average Bonchev–Trinajstić information content (AvgIpc) is 2.73. The Balaban J connectivity index is 2.49. The zero-order chi connectivity index (χ0) is 12.6. The van der Waals surface area contributed by atoms with Crippen molar-refractivity contribution in [3.8, 4) is 0 Å². The second-order valence-corrected chi connectivity index (χ2v) is 6.78. The monoisotopic (exact) mass is 275 g/mol. The fourth-order valence-electron chi connectivity index (χ4n) is 1.96. The van der Waals surface area contributed by atoms with Crippen LogP contribution in [0, 0.1) is 0 Å². The minimum Gasteiger partial charge on any atom is -0.465 e. The average molecular weight is 275 g/mol. The summed E-state index contributed by atoms with van der Waals surface area (Å²) in [6.45, 7) is 0. The van der Waals surface area contributed by atoms with Gasteiger partial charge in [0.15, 0.2) is 0 Å². The van der Waals surface area contributed by atoms with Crippen molar-refractivity contribution in [3.05, 3.63) is 16.0 Å². The number of anilines is 1. The Morgan fingerprint density at radius 2 is 2.12 bits per heavy atom. The molecule has 5 nitrogen and oxygen atoms in total. The third-order valence-corrected chi connectivity index (χ3v) is 4.50. The minimum absolute atomic E-state index is 0.379. The number of rotatable bonds is 3. The van der Waals surface area contributed by atoms with E-state index in [0.29, 0.717) is 10.6 Å². The number of nitrogens with one attached hydrogen (secondary N) is 1. The van der Waals surface area contributed by atoms with Crippen LogP contribution in [0.5, 0.6) is 0 Å². The van der Waals surface area contributed by atoms with Crippen LogP contribution in [0.1, 0.15) is 27.2 Å². The van der Waals surface area contributed by atoms with Crippen molar-refractivity contribution < 1.29 is 17.9 Å². The van der Waals surface area contributed by atoms with Gasteiger partial charge in [0.25, 0.3) is 0 Å². The molecule has 17 heavy (non-hydrogen) atoms. The molecule has 1 aromatic rings. The van der Waals surface area contributed by atoms with Crippen molar-refractivity contribution >= 4 is 32.3 Å². The fourth-order valence-corrected chi connectivity index (χ4v) is 4.15. The van der Waals surface area contributed by atoms with E-state index in [4.69, 9.17) is 4.74 Å². The third-order valence-electron chi connectivity index (χ3n) is 2.59. The van der Waals surface area contributed by atoms with Crippen molar-refractivity contribution in [3.63, 3.8) is 0 Å². The lowest BCUT2D eigenvalue weighted by molar-refractivity contribution is 0.0601. The Hall–Kier alpha value is -1.08. The Morgan fingerprint density at radius 3 is 2.71 bits per heavy atom. The molecule has 1 aliphatic carbocycles. The molecule has 1 aliphatic rings. The number of ether oxygens (including phenoxy) is 1.